The van der Waals surface area contributed by atoms with Crippen LogP contribution < -0.4 is 0 Å². The number of halogens is 1. The summed E-state index contributed by atoms with van der Waals surface area (Å²) in [5.74, 6) is 0. The first-order chi connectivity index (χ1) is 9.97. The van der Waals surface area contributed by atoms with E-state index in [2.05, 4.69) is 46.1 Å². The van der Waals surface area contributed by atoms with Crippen LogP contribution in [0.5, 0.6) is 0 Å². The molecule has 21 heavy (non-hydrogen) atoms. The Morgan fingerprint density at radius 1 is 1.33 bits per heavy atom. The van der Waals surface area contributed by atoms with Gasteiger partial charge in [-0.3, -0.25) is 15.0 Å². The Hall–Kier alpha value is -1.24. The summed E-state index contributed by atoms with van der Waals surface area (Å²) in [5, 5.41) is 13.1. The zero-order chi connectivity index (χ0) is 15.4. The molecule has 0 aliphatic carbocycles. The van der Waals surface area contributed by atoms with Crippen LogP contribution in [0.1, 0.15) is 24.3 Å². The average molecular weight is 369 g/mol. The van der Waals surface area contributed by atoms with Crippen LogP contribution in [-0.4, -0.2) is 15.9 Å². The summed E-state index contributed by atoms with van der Waals surface area (Å²) < 4.78 is 0.519. The first-order valence-electron chi connectivity index (χ1n) is 6.66. The summed E-state index contributed by atoms with van der Waals surface area (Å²) in [4.78, 5) is 14.3. The van der Waals surface area contributed by atoms with Crippen molar-refractivity contribution in [3.05, 3.63) is 60.7 Å². The van der Waals surface area contributed by atoms with Crippen LogP contribution in [0, 0.1) is 10.1 Å². The number of thiophene rings is 1. The van der Waals surface area contributed by atoms with Crippen LogP contribution in [0.15, 0.2) is 40.2 Å². The fourth-order valence-corrected chi connectivity index (χ4v) is 3.18. The first kappa shape index (κ1) is 16.1. The number of hydrogen-bond donors (Lipinski definition) is 0. The predicted molar refractivity (Wildman–Crippen MR) is 89.5 cm³/mol. The van der Waals surface area contributed by atoms with Crippen molar-refractivity contribution in [2.24, 2.45) is 0 Å². The van der Waals surface area contributed by atoms with Crippen molar-refractivity contribution in [3.63, 3.8) is 0 Å². The summed E-state index contributed by atoms with van der Waals surface area (Å²) in [6, 6.07) is 9.86. The first-order valence-corrected chi connectivity index (χ1v) is 8.34. The van der Waals surface area contributed by atoms with Gasteiger partial charge in [0.05, 0.1) is 9.40 Å². The Labute approximate surface area is 136 Å². The Morgan fingerprint density at radius 2 is 2.10 bits per heavy atom. The minimum atomic E-state index is -0.355. The molecular formula is C15H17BrN2O2S. The molecular weight excluding hydrogens is 352 g/mol. The lowest BCUT2D eigenvalue weighted by Gasteiger charge is -2.26. The summed E-state index contributed by atoms with van der Waals surface area (Å²) >= 11 is 4.95. The van der Waals surface area contributed by atoms with E-state index in [4.69, 9.17) is 0 Å². The van der Waals surface area contributed by atoms with Gasteiger partial charge in [-0.15, -0.1) is 11.3 Å². The molecule has 0 unspecified atom stereocenters. The highest BCUT2D eigenvalue weighted by atomic mass is 79.9. The lowest BCUT2D eigenvalue weighted by molar-refractivity contribution is -0.385. The maximum absolute atomic E-state index is 11.0. The number of hydrogen-bond acceptors (Lipinski definition) is 4. The minimum Gasteiger partial charge on any atom is -0.292 e. The molecule has 1 aromatic heterocycles. The van der Waals surface area contributed by atoms with Crippen molar-refractivity contribution < 1.29 is 4.92 Å². The highest BCUT2D eigenvalue weighted by Gasteiger charge is 2.16. The van der Waals surface area contributed by atoms with E-state index in [1.807, 2.05) is 12.1 Å². The topological polar surface area (TPSA) is 46.4 Å². The molecule has 2 rings (SSSR count). The van der Waals surface area contributed by atoms with Gasteiger partial charge in [-0.2, -0.15) is 0 Å². The van der Waals surface area contributed by atoms with Gasteiger partial charge in [0.1, 0.15) is 0 Å². The number of nitro benzene ring substituents is 1. The third kappa shape index (κ3) is 4.36. The van der Waals surface area contributed by atoms with Gasteiger partial charge in [0.15, 0.2) is 0 Å². The van der Waals surface area contributed by atoms with Crippen LogP contribution in [0.4, 0.5) is 5.69 Å². The molecule has 0 saturated carbocycles. The average Bonchev–Trinajstić information content (AvgIpc) is 2.92. The number of nitrogens with zero attached hydrogens (tertiary/aromatic N) is 2. The molecule has 0 amide bonds. The Bertz CT molecular complexity index is 614. The van der Waals surface area contributed by atoms with E-state index in [1.54, 1.807) is 23.5 Å². The lowest BCUT2D eigenvalue weighted by Crippen LogP contribution is -2.29. The Balaban J connectivity index is 2.17. The third-order valence-electron chi connectivity index (χ3n) is 3.26. The summed E-state index contributed by atoms with van der Waals surface area (Å²) in [5.41, 5.74) is 1.07. The van der Waals surface area contributed by atoms with E-state index in [0.29, 0.717) is 17.1 Å². The molecule has 1 heterocycles. The highest BCUT2D eigenvalue weighted by Crippen LogP contribution is 2.27. The maximum atomic E-state index is 11.0. The van der Waals surface area contributed by atoms with E-state index < -0.39 is 0 Å². The zero-order valence-corrected chi connectivity index (χ0v) is 14.4. The fraction of sp³-hybridized carbons (Fsp3) is 0.333. The fourth-order valence-electron chi connectivity index (χ4n) is 2.05. The van der Waals surface area contributed by atoms with Gasteiger partial charge in [0.25, 0.3) is 5.69 Å². The Kier molecular flexibility index (Phi) is 5.50. The summed E-state index contributed by atoms with van der Waals surface area (Å²) in [6.45, 7) is 5.84. The van der Waals surface area contributed by atoms with Crippen molar-refractivity contribution in [2.75, 3.05) is 0 Å². The Morgan fingerprint density at radius 3 is 2.67 bits per heavy atom. The van der Waals surface area contributed by atoms with Gasteiger partial charge in [-0.25, -0.2) is 0 Å². The minimum absolute atomic E-state index is 0.118. The number of nitro groups is 1. The van der Waals surface area contributed by atoms with E-state index >= 15 is 0 Å². The lowest BCUT2D eigenvalue weighted by atomic mass is 10.1. The van der Waals surface area contributed by atoms with Crippen molar-refractivity contribution >= 4 is 33.0 Å². The van der Waals surface area contributed by atoms with E-state index in [-0.39, 0.29) is 10.6 Å². The molecule has 0 fully saturated rings. The molecule has 1 aromatic carbocycles. The van der Waals surface area contributed by atoms with Gasteiger partial charge >= 0.3 is 0 Å². The molecule has 0 bridgehead atoms. The molecule has 0 radical (unpaired) electrons. The van der Waals surface area contributed by atoms with Crippen LogP contribution in [-0.2, 0) is 13.1 Å². The third-order valence-corrected chi connectivity index (χ3v) is 4.79. The number of rotatable bonds is 6. The quantitative estimate of drug-likeness (QED) is 0.541. The van der Waals surface area contributed by atoms with Gasteiger partial charge in [-0.05, 0) is 52.9 Å². The van der Waals surface area contributed by atoms with E-state index in [1.165, 1.54) is 4.88 Å². The molecule has 0 saturated heterocycles. The molecule has 4 nitrogen and oxygen atoms in total. The molecule has 2 aromatic rings. The molecule has 0 N–H and O–H groups in total. The summed E-state index contributed by atoms with van der Waals surface area (Å²) in [7, 11) is 0. The summed E-state index contributed by atoms with van der Waals surface area (Å²) in [6.07, 6.45) is 0. The second-order valence-corrected chi connectivity index (χ2v) is 7.01. The van der Waals surface area contributed by atoms with Crippen LogP contribution in [0.2, 0.25) is 0 Å². The molecule has 6 heteroatoms. The molecule has 0 aliphatic heterocycles. The standard InChI is InChI=1S/C15H17BrN2O2S/c1-11(2)17(10-13-4-3-7-21-13)9-12-5-6-14(16)15(8-12)18(19)20/h3-8,11H,9-10H2,1-2H3. The predicted octanol–water partition coefficient (Wildman–Crippen LogP) is 4.83. The van der Waals surface area contributed by atoms with E-state index in [0.717, 1.165) is 12.1 Å². The SMILES string of the molecule is CC(C)N(Cc1ccc(Br)c([N+](=O)[O-])c1)Cc1cccs1. The van der Waals surface area contributed by atoms with Crippen LogP contribution in [0.25, 0.3) is 0 Å². The largest absolute Gasteiger partial charge is 0.292 e. The van der Waals surface area contributed by atoms with Crippen LogP contribution >= 0.6 is 27.3 Å². The van der Waals surface area contributed by atoms with Gasteiger partial charge < -0.3 is 0 Å². The van der Waals surface area contributed by atoms with Crippen molar-refractivity contribution in [3.8, 4) is 0 Å². The molecule has 0 atom stereocenters. The van der Waals surface area contributed by atoms with Crippen molar-refractivity contribution in [1.29, 1.82) is 0 Å². The monoisotopic (exact) mass is 368 g/mol. The van der Waals surface area contributed by atoms with Gasteiger partial charge in [0, 0.05) is 30.1 Å². The molecule has 112 valence electrons. The van der Waals surface area contributed by atoms with Crippen LogP contribution in [0.3, 0.4) is 0 Å². The second kappa shape index (κ2) is 7.15. The normalized spacial score (nSPS) is 11.3. The molecule has 0 spiro atoms. The van der Waals surface area contributed by atoms with Gasteiger partial charge in [-0.1, -0.05) is 12.1 Å². The smallest absolute Gasteiger partial charge is 0.283 e. The molecule has 0 aliphatic rings. The highest BCUT2D eigenvalue weighted by molar-refractivity contribution is 9.10. The van der Waals surface area contributed by atoms with Gasteiger partial charge in [0.2, 0.25) is 0 Å². The second-order valence-electron chi connectivity index (χ2n) is 5.12. The maximum Gasteiger partial charge on any atom is 0.283 e. The van der Waals surface area contributed by atoms with Crippen molar-refractivity contribution in [2.45, 2.75) is 33.0 Å². The van der Waals surface area contributed by atoms with Crippen molar-refractivity contribution in [1.82, 2.24) is 4.90 Å². The zero-order valence-electron chi connectivity index (χ0n) is 12.0. The van der Waals surface area contributed by atoms with E-state index in [9.17, 15) is 10.1 Å². The number of benzene rings is 1.